The van der Waals surface area contributed by atoms with Crippen LogP contribution in [0.2, 0.25) is 0 Å². The van der Waals surface area contributed by atoms with Crippen molar-refractivity contribution in [1.82, 2.24) is 14.8 Å². The number of aromatic nitrogens is 3. The van der Waals surface area contributed by atoms with Crippen molar-refractivity contribution in [2.45, 2.75) is 13.1 Å². The Hall–Kier alpha value is -1.68. The molecule has 0 aliphatic carbocycles. The van der Waals surface area contributed by atoms with E-state index in [9.17, 15) is 0 Å². The van der Waals surface area contributed by atoms with Gasteiger partial charge in [-0.25, -0.2) is 9.67 Å². The van der Waals surface area contributed by atoms with Crippen LogP contribution in [0.3, 0.4) is 0 Å². The zero-order chi connectivity index (χ0) is 9.80. The average molecular weight is 188 g/mol. The fourth-order valence-electron chi connectivity index (χ4n) is 1.28. The molecule has 0 spiro atoms. The molecular formula is C10H12N4. The van der Waals surface area contributed by atoms with E-state index in [2.05, 4.69) is 22.2 Å². The summed E-state index contributed by atoms with van der Waals surface area (Å²) < 4.78 is 1.79. The van der Waals surface area contributed by atoms with Crippen molar-refractivity contribution in [1.29, 1.82) is 0 Å². The maximum absolute atomic E-state index is 5.51. The molecule has 0 amide bonds. The second-order valence-corrected chi connectivity index (χ2v) is 3.11. The van der Waals surface area contributed by atoms with Gasteiger partial charge in [-0.3, -0.25) is 0 Å². The lowest BCUT2D eigenvalue weighted by atomic mass is 10.1. The van der Waals surface area contributed by atoms with Crippen LogP contribution in [-0.4, -0.2) is 14.8 Å². The van der Waals surface area contributed by atoms with Crippen molar-refractivity contribution in [3.8, 4) is 0 Å². The lowest BCUT2D eigenvalue weighted by Gasteiger charge is -2.02. The number of hydrogen-bond acceptors (Lipinski definition) is 3. The van der Waals surface area contributed by atoms with Crippen LogP contribution in [0.1, 0.15) is 11.1 Å². The fourth-order valence-corrected chi connectivity index (χ4v) is 1.28. The van der Waals surface area contributed by atoms with Gasteiger partial charge in [0.2, 0.25) is 0 Å². The van der Waals surface area contributed by atoms with Crippen LogP contribution in [0.4, 0.5) is 0 Å². The Kier molecular flexibility index (Phi) is 2.55. The molecule has 0 fully saturated rings. The predicted molar refractivity (Wildman–Crippen MR) is 53.5 cm³/mol. The van der Waals surface area contributed by atoms with Gasteiger partial charge < -0.3 is 5.73 Å². The highest BCUT2D eigenvalue weighted by atomic mass is 15.3. The summed E-state index contributed by atoms with van der Waals surface area (Å²) in [4.78, 5) is 3.88. The van der Waals surface area contributed by atoms with Crippen LogP contribution in [0.25, 0.3) is 0 Å². The minimum atomic E-state index is 0.587. The molecule has 1 aromatic heterocycles. The Morgan fingerprint density at radius 3 is 2.43 bits per heavy atom. The highest BCUT2D eigenvalue weighted by molar-refractivity contribution is 5.22. The number of nitrogens with two attached hydrogens (primary N) is 1. The van der Waals surface area contributed by atoms with Gasteiger partial charge in [-0.1, -0.05) is 24.3 Å². The molecule has 0 unspecified atom stereocenters. The maximum atomic E-state index is 5.51. The van der Waals surface area contributed by atoms with E-state index in [1.165, 1.54) is 11.9 Å². The summed E-state index contributed by atoms with van der Waals surface area (Å²) >= 11 is 0. The van der Waals surface area contributed by atoms with Gasteiger partial charge in [0.05, 0.1) is 6.54 Å². The molecule has 0 aliphatic rings. The Morgan fingerprint density at radius 1 is 1.14 bits per heavy atom. The van der Waals surface area contributed by atoms with Crippen molar-refractivity contribution in [3.63, 3.8) is 0 Å². The summed E-state index contributed by atoms with van der Waals surface area (Å²) in [6, 6.07) is 8.19. The van der Waals surface area contributed by atoms with E-state index >= 15 is 0 Å². The minimum absolute atomic E-state index is 0.587. The van der Waals surface area contributed by atoms with Gasteiger partial charge in [0.1, 0.15) is 12.7 Å². The number of benzene rings is 1. The standard InChI is InChI=1S/C10H12N4/c11-5-9-1-3-10(4-2-9)6-14-8-12-7-13-14/h1-4,7-8H,5-6,11H2. The molecule has 0 bridgehead atoms. The smallest absolute Gasteiger partial charge is 0.137 e. The Balaban J connectivity index is 2.10. The zero-order valence-corrected chi connectivity index (χ0v) is 7.80. The minimum Gasteiger partial charge on any atom is -0.326 e. The molecule has 1 aromatic carbocycles. The topological polar surface area (TPSA) is 56.7 Å². The van der Waals surface area contributed by atoms with Gasteiger partial charge in [-0.2, -0.15) is 5.10 Å². The van der Waals surface area contributed by atoms with Gasteiger partial charge in [0.15, 0.2) is 0 Å². The molecular weight excluding hydrogens is 176 g/mol. The van der Waals surface area contributed by atoms with E-state index in [1.807, 2.05) is 12.1 Å². The van der Waals surface area contributed by atoms with Gasteiger partial charge in [-0.05, 0) is 11.1 Å². The first-order valence-electron chi connectivity index (χ1n) is 4.49. The van der Waals surface area contributed by atoms with E-state index in [0.29, 0.717) is 6.54 Å². The highest BCUT2D eigenvalue weighted by Gasteiger charge is 1.95. The SMILES string of the molecule is NCc1ccc(Cn2cncn2)cc1. The van der Waals surface area contributed by atoms with Gasteiger partial charge in [-0.15, -0.1) is 0 Å². The Morgan fingerprint density at radius 2 is 1.86 bits per heavy atom. The molecule has 0 saturated heterocycles. The fraction of sp³-hybridized carbons (Fsp3) is 0.200. The van der Waals surface area contributed by atoms with Crippen molar-refractivity contribution in [2.24, 2.45) is 5.73 Å². The summed E-state index contributed by atoms with van der Waals surface area (Å²) in [6.45, 7) is 1.34. The molecule has 1 heterocycles. The third kappa shape index (κ3) is 1.97. The summed E-state index contributed by atoms with van der Waals surface area (Å²) in [5, 5.41) is 4.03. The summed E-state index contributed by atoms with van der Waals surface area (Å²) in [5.41, 5.74) is 7.86. The van der Waals surface area contributed by atoms with Crippen LogP contribution in [0, 0.1) is 0 Å². The van der Waals surface area contributed by atoms with Crippen molar-refractivity contribution >= 4 is 0 Å². The first kappa shape index (κ1) is 8.90. The molecule has 0 aliphatic heterocycles. The molecule has 72 valence electrons. The zero-order valence-electron chi connectivity index (χ0n) is 7.80. The van der Waals surface area contributed by atoms with Crippen LogP contribution in [0.5, 0.6) is 0 Å². The van der Waals surface area contributed by atoms with Crippen molar-refractivity contribution in [2.75, 3.05) is 0 Å². The molecule has 2 aromatic rings. The van der Waals surface area contributed by atoms with Crippen LogP contribution in [-0.2, 0) is 13.1 Å². The third-order valence-corrected chi connectivity index (χ3v) is 2.07. The van der Waals surface area contributed by atoms with E-state index in [4.69, 9.17) is 5.73 Å². The predicted octanol–water partition coefficient (Wildman–Crippen LogP) is 0.785. The van der Waals surface area contributed by atoms with Crippen LogP contribution >= 0.6 is 0 Å². The summed E-state index contributed by atoms with van der Waals surface area (Å²) in [7, 11) is 0. The second kappa shape index (κ2) is 4.02. The molecule has 0 saturated carbocycles. The molecule has 14 heavy (non-hydrogen) atoms. The summed E-state index contributed by atoms with van der Waals surface area (Å²) in [6.07, 6.45) is 3.24. The third-order valence-electron chi connectivity index (χ3n) is 2.07. The largest absolute Gasteiger partial charge is 0.326 e. The monoisotopic (exact) mass is 188 g/mol. The Labute approximate surface area is 82.4 Å². The molecule has 0 atom stereocenters. The van der Waals surface area contributed by atoms with E-state index < -0.39 is 0 Å². The van der Waals surface area contributed by atoms with Gasteiger partial charge >= 0.3 is 0 Å². The quantitative estimate of drug-likeness (QED) is 0.774. The highest BCUT2D eigenvalue weighted by Crippen LogP contribution is 2.04. The molecule has 2 N–H and O–H groups in total. The molecule has 0 radical (unpaired) electrons. The lowest BCUT2D eigenvalue weighted by Crippen LogP contribution is -2.01. The van der Waals surface area contributed by atoms with E-state index in [-0.39, 0.29) is 0 Å². The van der Waals surface area contributed by atoms with Gasteiger partial charge in [0.25, 0.3) is 0 Å². The number of rotatable bonds is 3. The first-order chi connectivity index (χ1) is 6.88. The second-order valence-electron chi connectivity index (χ2n) is 3.11. The molecule has 4 heteroatoms. The van der Waals surface area contributed by atoms with E-state index in [1.54, 1.807) is 11.0 Å². The van der Waals surface area contributed by atoms with Crippen molar-refractivity contribution < 1.29 is 0 Å². The van der Waals surface area contributed by atoms with Gasteiger partial charge in [0, 0.05) is 6.54 Å². The number of nitrogens with zero attached hydrogens (tertiary/aromatic N) is 3. The molecule has 2 rings (SSSR count). The van der Waals surface area contributed by atoms with E-state index in [0.717, 1.165) is 12.1 Å². The Bertz CT molecular complexity index is 377. The normalized spacial score (nSPS) is 10.4. The lowest BCUT2D eigenvalue weighted by molar-refractivity contribution is 0.684. The number of hydrogen-bond donors (Lipinski definition) is 1. The maximum Gasteiger partial charge on any atom is 0.137 e. The van der Waals surface area contributed by atoms with Crippen molar-refractivity contribution in [3.05, 3.63) is 48.0 Å². The molecule has 4 nitrogen and oxygen atoms in total. The first-order valence-corrected chi connectivity index (χ1v) is 4.49. The average Bonchev–Trinajstić information content (AvgIpc) is 2.72. The van der Waals surface area contributed by atoms with Crippen LogP contribution < -0.4 is 5.73 Å². The summed E-state index contributed by atoms with van der Waals surface area (Å²) in [5.74, 6) is 0. The van der Waals surface area contributed by atoms with Crippen LogP contribution in [0.15, 0.2) is 36.9 Å².